The summed E-state index contributed by atoms with van der Waals surface area (Å²) in [6.45, 7) is 7.84. The molecule has 7 heteroatoms. The van der Waals surface area contributed by atoms with E-state index in [-0.39, 0.29) is 29.0 Å². The summed E-state index contributed by atoms with van der Waals surface area (Å²) in [6, 6.07) is 1.85. The zero-order valence-electron chi connectivity index (χ0n) is 17.8. The van der Waals surface area contributed by atoms with Crippen molar-refractivity contribution in [3.05, 3.63) is 18.5 Å². The van der Waals surface area contributed by atoms with Crippen molar-refractivity contribution in [1.29, 1.82) is 0 Å². The van der Waals surface area contributed by atoms with Crippen molar-refractivity contribution in [2.45, 2.75) is 50.7 Å². The summed E-state index contributed by atoms with van der Waals surface area (Å²) in [5.41, 5.74) is 0.391. The molecule has 0 unspecified atom stereocenters. The fraction of sp³-hybridized carbons (Fsp3) is 0.783. The van der Waals surface area contributed by atoms with Crippen molar-refractivity contribution in [2.75, 3.05) is 44.2 Å². The zero-order valence-corrected chi connectivity index (χ0v) is 17.8. The minimum atomic E-state index is 0.0109. The van der Waals surface area contributed by atoms with Crippen molar-refractivity contribution in [3.8, 4) is 0 Å². The number of esters is 1. The first-order valence-corrected chi connectivity index (χ1v) is 11.7. The summed E-state index contributed by atoms with van der Waals surface area (Å²) in [4.78, 5) is 26.3. The topological polar surface area (TPSA) is 71.1 Å². The Morgan fingerprint density at radius 3 is 2.67 bits per heavy atom. The normalized spacial score (nSPS) is 43.2. The number of anilines is 1. The Hall–Kier alpha value is -1.73. The van der Waals surface area contributed by atoms with Gasteiger partial charge in [-0.05, 0) is 49.5 Å². The molecular formula is C23H32N4O3. The molecule has 0 radical (unpaired) electrons. The third-order valence-electron chi connectivity index (χ3n) is 8.74. The summed E-state index contributed by atoms with van der Waals surface area (Å²) in [5, 5.41) is 0. The van der Waals surface area contributed by atoms with Crippen molar-refractivity contribution in [1.82, 2.24) is 14.9 Å². The molecule has 1 aromatic heterocycles. The van der Waals surface area contributed by atoms with Crippen LogP contribution in [0.4, 0.5) is 5.95 Å². The molecule has 7 nitrogen and oxygen atoms in total. The van der Waals surface area contributed by atoms with Crippen LogP contribution < -0.4 is 4.90 Å². The van der Waals surface area contributed by atoms with E-state index in [9.17, 15) is 4.79 Å². The number of hydrogen-bond acceptors (Lipinski definition) is 7. The summed E-state index contributed by atoms with van der Waals surface area (Å²) < 4.78 is 12.0. The van der Waals surface area contributed by atoms with Gasteiger partial charge in [-0.25, -0.2) is 9.97 Å². The van der Waals surface area contributed by atoms with Gasteiger partial charge in [0.05, 0.1) is 18.1 Å². The number of piperazine rings is 1. The van der Waals surface area contributed by atoms with Crippen LogP contribution in [-0.2, 0) is 14.3 Å². The van der Waals surface area contributed by atoms with E-state index in [1.54, 1.807) is 12.4 Å². The first-order valence-electron chi connectivity index (χ1n) is 11.7. The fourth-order valence-corrected chi connectivity index (χ4v) is 7.03. The minimum absolute atomic E-state index is 0.0109. The van der Waals surface area contributed by atoms with E-state index in [4.69, 9.17) is 9.47 Å². The van der Waals surface area contributed by atoms with Crippen LogP contribution in [0.3, 0.4) is 0 Å². The number of epoxide rings is 1. The van der Waals surface area contributed by atoms with Crippen LogP contribution in [0, 0.1) is 23.2 Å². The minimum Gasteiger partial charge on any atom is -0.462 e. The largest absolute Gasteiger partial charge is 0.462 e. The number of carbonyl (C=O) groups is 1. The first kappa shape index (κ1) is 19.0. The molecule has 0 amide bonds. The van der Waals surface area contributed by atoms with Gasteiger partial charge in [-0.15, -0.1) is 0 Å². The molecule has 1 spiro atoms. The number of fused-ring (bicyclic) bond motifs is 3. The Kier molecular flexibility index (Phi) is 4.36. The summed E-state index contributed by atoms with van der Waals surface area (Å²) in [6.07, 6.45) is 9.51. The number of carbonyl (C=O) groups excluding carboxylic acids is 1. The Morgan fingerprint density at radius 2 is 1.93 bits per heavy atom. The van der Waals surface area contributed by atoms with Gasteiger partial charge >= 0.3 is 5.97 Å². The lowest BCUT2D eigenvalue weighted by Gasteiger charge is -2.51. The van der Waals surface area contributed by atoms with E-state index in [0.717, 1.165) is 58.1 Å². The quantitative estimate of drug-likeness (QED) is 0.556. The number of hydrogen-bond donors (Lipinski definition) is 0. The molecule has 4 heterocycles. The van der Waals surface area contributed by atoms with Crippen molar-refractivity contribution in [3.63, 3.8) is 0 Å². The second-order valence-electron chi connectivity index (χ2n) is 10.4. The number of ether oxygens (including phenoxy) is 2. The average Bonchev–Trinajstić information content (AvgIpc) is 3.46. The van der Waals surface area contributed by atoms with Crippen LogP contribution in [0.15, 0.2) is 18.5 Å². The van der Waals surface area contributed by atoms with Gasteiger partial charge < -0.3 is 14.4 Å². The van der Waals surface area contributed by atoms with E-state index in [1.807, 2.05) is 6.07 Å². The van der Waals surface area contributed by atoms with Crippen LogP contribution in [0.1, 0.15) is 39.0 Å². The molecule has 5 aliphatic rings. The van der Waals surface area contributed by atoms with Gasteiger partial charge in [-0.2, -0.15) is 0 Å². The van der Waals surface area contributed by atoms with E-state index in [1.165, 1.54) is 19.3 Å². The van der Waals surface area contributed by atoms with Gasteiger partial charge in [0.15, 0.2) is 0 Å². The number of aromatic nitrogens is 2. The molecule has 0 N–H and O–H groups in total. The molecule has 162 valence electrons. The Balaban J connectivity index is 1.12. The van der Waals surface area contributed by atoms with E-state index >= 15 is 0 Å². The molecule has 30 heavy (non-hydrogen) atoms. The third-order valence-corrected chi connectivity index (χ3v) is 8.74. The smallest absolute Gasteiger partial charge is 0.310 e. The van der Waals surface area contributed by atoms with E-state index in [0.29, 0.717) is 11.8 Å². The van der Waals surface area contributed by atoms with Crippen LogP contribution in [0.25, 0.3) is 0 Å². The van der Waals surface area contributed by atoms with Crippen molar-refractivity contribution >= 4 is 11.9 Å². The highest BCUT2D eigenvalue weighted by molar-refractivity contribution is 5.75. The fourth-order valence-electron chi connectivity index (χ4n) is 7.03. The van der Waals surface area contributed by atoms with Crippen molar-refractivity contribution < 1.29 is 14.3 Å². The molecule has 5 fully saturated rings. The zero-order chi connectivity index (χ0) is 20.3. The second kappa shape index (κ2) is 6.89. The lowest BCUT2D eigenvalue weighted by molar-refractivity contribution is -0.147. The lowest BCUT2D eigenvalue weighted by atomic mass is 9.53. The maximum absolute atomic E-state index is 12.9. The summed E-state index contributed by atoms with van der Waals surface area (Å²) in [5.74, 6) is 1.79. The molecule has 6 atom stereocenters. The third kappa shape index (κ3) is 3.04. The van der Waals surface area contributed by atoms with Gasteiger partial charge in [0.2, 0.25) is 5.95 Å². The summed E-state index contributed by atoms with van der Waals surface area (Å²) in [7, 11) is 0. The van der Waals surface area contributed by atoms with Gasteiger partial charge in [-0.3, -0.25) is 9.69 Å². The number of nitrogens with zero attached hydrogens (tertiary/aromatic N) is 4. The molecule has 1 aromatic rings. The standard InChI is InChI=1S/C23H32N4O3/c1-22-4-2-5-23(15-29-23)19(22)12-16-17(20(28)30-18(16)13-22)14-26-8-10-27(11-9-26)21-24-6-3-7-25-21/h3,6-7,16-19H,2,4-5,8-15H2,1H3/t16-,17-,18-,19-,22-,23+/m1/s1. The molecular weight excluding hydrogens is 380 g/mol. The van der Waals surface area contributed by atoms with Crippen molar-refractivity contribution in [2.24, 2.45) is 23.2 Å². The molecule has 0 bridgehead atoms. The predicted octanol–water partition coefficient (Wildman–Crippen LogP) is 2.13. The Morgan fingerprint density at radius 1 is 1.17 bits per heavy atom. The molecule has 2 aliphatic carbocycles. The highest BCUT2D eigenvalue weighted by atomic mass is 16.6. The summed E-state index contributed by atoms with van der Waals surface area (Å²) >= 11 is 0. The van der Waals surface area contributed by atoms with Gasteiger partial charge in [0, 0.05) is 51.0 Å². The Bertz CT molecular complexity index is 808. The SMILES string of the molecule is C[C@]12CCC[C@]3(CO3)[C@@H]1C[C@H]1[C@@H](C2)OC(=O)[C@@H]1CN1CCN(c2ncccn2)CC1. The molecule has 2 saturated carbocycles. The van der Waals surface area contributed by atoms with Crippen LogP contribution in [-0.4, -0.2) is 71.9 Å². The van der Waals surface area contributed by atoms with Gasteiger partial charge in [0.1, 0.15) is 6.10 Å². The highest BCUT2D eigenvalue weighted by Gasteiger charge is 2.65. The van der Waals surface area contributed by atoms with E-state index < -0.39 is 0 Å². The maximum Gasteiger partial charge on any atom is 0.310 e. The van der Waals surface area contributed by atoms with E-state index in [2.05, 4.69) is 26.7 Å². The van der Waals surface area contributed by atoms with Crippen LogP contribution in [0.5, 0.6) is 0 Å². The van der Waals surface area contributed by atoms with Gasteiger partial charge in [0.25, 0.3) is 0 Å². The predicted molar refractivity (Wildman–Crippen MR) is 111 cm³/mol. The van der Waals surface area contributed by atoms with Crippen LogP contribution >= 0.6 is 0 Å². The molecule has 6 rings (SSSR count). The average molecular weight is 413 g/mol. The molecule has 3 saturated heterocycles. The monoisotopic (exact) mass is 412 g/mol. The first-order chi connectivity index (χ1) is 14.6. The number of rotatable bonds is 3. The lowest BCUT2D eigenvalue weighted by Crippen LogP contribution is -2.52. The highest BCUT2D eigenvalue weighted by Crippen LogP contribution is 2.62. The van der Waals surface area contributed by atoms with Gasteiger partial charge in [-0.1, -0.05) is 6.92 Å². The molecule has 3 aliphatic heterocycles. The van der Waals surface area contributed by atoms with Crippen LogP contribution in [0.2, 0.25) is 0 Å². The second-order valence-corrected chi connectivity index (χ2v) is 10.4. The maximum atomic E-state index is 12.9. The Labute approximate surface area is 178 Å². The molecule has 0 aromatic carbocycles.